The zero-order chi connectivity index (χ0) is 11.4. The van der Waals surface area contributed by atoms with Crippen LogP contribution in [-0.2, 0) is 13.0 Å². The van der Waals surface area contributed by atoms with Crippen LogP contribution in [0.5, 0.6) is 0 Å². The van der Waals surface area contributed by atoms with E-state index >= 15 is 0 Å². The van der Waals surface area contributed by atoms with Gasteiger partial charge in [-0.25, -0.2) is 8.78 Å². The van der Waals surface area contributed by atoms with Crippen molar-refractivity contribution in [2.75, 3.05) is 0 Å². The number of aryl methyl sites for hydroxylation is 1. The average Bonchev–Trinajstić information content (AvgIpc) is 2.17. The molecular weight excluding hydrogens is 200 g/mol. The van der Waals surface area contributed by atoms with Crippen molar-refractivity contribution in [1.29, 1.82) is 5.26 Å². The Labute approximate surface area is 86.5 Å². The Bertz CT molecular complexity index is 396. The highest BCUT2D eigenvalue weighted by molar-refractivity contribution is 5.33. The average molecular weight is 211 g/mol. The number of nitrogens with zero attached hydrogens (tertiary/aromatic N) is 2. The molecule has 0 atom stereocenters. The first-order chi connectivity index (χ1) is 7.10. The van der Waals surface area contributed by atoms with Crippen molar-refractivity contribution in [1.82, 2.24) is 4.98 Å². The Kier molecular flexibility index (Phi) is 3.69. The largest absolute Gasteiger partial charge is 0.326 e. The Morgan fingerprint density at radius 1 is 1.60 bits per heavy atom. The molecule has 0 aromatic carbocycles. The molecule has 0 radical (unpaired) electrons. The highest BCUT2D eigenvalue weighted by atomic mass is 19.3. The monoisotopic (exact) mass is 211 g/mol. The van der Waals surface area contributed by atoms with Crippen molar-refractivity contribution >= 4 is 0 Å². The molecule has 0 aliphatic carbocycles. The van der Waals surface area contributed by atoms with Gasteiger partial charge in [-0.1, -0.05) is 0 Å². The molecule has 2 N–H and O–H groups in total. The molecule has 0 aliphatic heterocycles. The number of hydrogen-bond acceptors (Lipinski definition) is 3. The molecule has 3 nitrogen and oxygen atoms in total. The maximum absolute atomic E-state index is 12.4. The summed E-state index contributed by atoms with van der Waals surface area (Å²) in [6.45, 7) is 1.90. The molecule has 0 spiro atoms. The first-order valence-corrected chi connectivity index (χ1v) is 4.44. The molecule has 1 aromatic heterocycles. The molecule has 0 aliphatic rings. The molecule has 1 heterocycles. The SMILES string of the molecule is Cc1cc(C(F)F)nc(CC#N)c1CN. The van der Waals surface area contributed by atoms with Gasteiger partial charge in [-0.05, 0) is 24.1 Å². The molecule has 0 bridgehead atoms. The zero-order valence-corrected chi connectivity index (χ0v) is 8.30. The van der Waals surface area contributed by atoms with Crippen LogP contribution in [0.4, 0.5) is 8.78 Å². The maximum atomic E-state index is 12.4. The molecule has 15 heavy (non-hydrogen) atoms. The second kappa shape index (κ2) is 4.80. The zero-order valence-electron chi connectivity index (χ0n) is 8.30. The van der Waals surface area contributed by atoms with E-state index in [0.717, 1.165) is 0 Å². The number of hydrogen-bond donors (Lipinski definition) is 1. The maximum Gasteiger partial charge on any atom is 0.280 e. The molecule has 0 fully saturated rings. The van der Waals surface area contributed by atoms with Gasteiger partial charge in [-0.15, -0.1) is 0 Å². The van der Waals surface area contributed by atoms with E-state index in [1.54, 1.807) is 6.92 Å². The summed E-state index contributed by atoms with van der Waals surface area (Å²) in [5, 5.41) is 8.54. The lowest BCUT2D eigenvalue weighted by Crippen LogP contribution is -2.08. The van der Waals surface area contributed by atoms with E-state index in [1.807, 2.05) is 6.07 Å². The van der Waals surface area contributed by atoms with Gasteiger partial charge < -0.3 is 5.73 Å². The Morgan fingerprint density at radius 3 is 2.73 bits per heavy atom. The molecule has 0 unspecified atom stereocenters. The van der Waals surface area contributed by atoms with Crippen LogP contribution in [0, 0.1) is 18.3 Å². The second-order valence-corrected chi connectivity index (χ2v) is 3.13. The van der Waals surface area contributed by atoms with E-state index in [4.69, 9.17) is 11.0 Å². The summed E-state index contributed by atoms with van der Waals surface area (Å²) in [4.78, 5) is 3.74. The second-order valence-electron chi connectivity index (χ2n) is 3.13. The van der Waals surface area contributed by atoms with E-state index in [2.05, 4.69) is 4.98 Å². The predicted molar refractivity (Wildman–Crippen MR) is 51.1 cm³/mol. The van der Waals surface area contributed by atoms with Crippen molar-refractivity contribution in [3.05, 3.63) is 28.6 Å². The van der Waals surface area contributed by atoms with E-state index in [1.165, 1.54) is 6.07 Å². The first-order valence-electron chi connectivity index (χ1n) is 4.44. The minimum Gasteiger partial charge on any atom is -0.326 e. The first kappa shape index (κ1) is 11.5. The van der Waals surface area contributed by atoms with Gasteiger partial charge in [0.2, 0.25) is 0 Å². The third kappa shape index (κ3) is 2.48. The molecule has 80 valence electrons. The summed E-state index contributed by atoms with van der Waals surface area (Å²) in [5.74, 6) is 0. The molecular formula is C10H11F2N3. The van der Waals surface area contributed by atoms with Gasteiger partial charge in [0.15, 0.2) is 0 Å². The summed E-state index contributed by atoms with van der Waals surface area (Å²) in [5.41, 5.74) is 6.87. The van der Waals surface area contributed by atoms with Crippen molar-refractivity contribution < 1.29 is 8.78 Å². The van der Waals surface area contributed by atoms with Gasteiger partial charge in [0.1, 0.15) is 5.69 Å². The van der Waals surface area contributed by atoms with Crippen molar-refractivity contribution in [2.45, 2.75) is 26.3 Å². The van der Waals surface area contributed by atoms with Crippen LogP contribution >= 0.6 is 0 Å². The molecule has 1 rings (SSSR count). The number of aromatic nitrogens is 1. The molecule has 5 heteroatoms. The quantitative estimate of drug-likeness (QED) is 0.829. The molecule has 1 aromatic rings. The number of pyridine rings is 1. The van der Waals surface area contributed by atoms with Crippen molar-refractivity contribution in [3.63, 3.8) is 0 Å². The lowest BCUT2D eigenvalue weighted by atomic mass is 10.0. The highest BCUT2D eigenvalue weighted by Gasteiger charge is 2.14. The summed E-state index contributed by atoms with van der Waals surface area (Å²) in [6, 6.07) is 3.20. The van der Waals surface area contributed by atoms with E-state index in [0.29, 0.717) is 16.8 Å². The van der Waals surface area contributed by atoms with Crippen molar-refractivity contribution in [2.24, 2.45) is 5.73 Å². The number of rotatable bonds is 3. The summed E-state index contributed by atoms with van der Waals surface area (Å²) >= 11 is 0. The van der Waals surface area contributed by atoms with Crippen LogP contribution in [0.3, 0.4) is 0 Å². The van der Waals surface area contributed by atoms with Crippen LogP contribution in [-0.4, -0.2) is 4.98 Å². The van der Waals surface area contributed by atoms with Crippen LogP contribution in [0.25, 0.3) is 0 Å². The third-order valence-electron chi connectivity index (χ3n) is 2.13. The lowest BCUT2D eigenvalue weighted by molar-refractivity contribution is 0.145. The van der Waals surface area contributed by atoms with Crippen LogP contribution < -0.4 is 5.73 Å². The minimum absolute atomic E-state index is 0.00787. The molecule has 0 amide bonds. The van der Waals surface area contributed by atoms with E-state index in [-0.39, 0.29) is 18.7 Å². The van der Waals surface area contributed by atoms with Gasteiger partial charge in [-0.3, -0.25) is 4.98 Å². The van der Waals surface area contributed by atoms with E-state index in [9.17, 15) is 8.78 Å². The Hall–Kier alpha value is -1.54. The Morgan fingerprint density at radius 2 is 2.27 bits per heavy atom. The lowest BCUT2D eigenvalue weighted by Gasteiger charge is -2.10. The van der Waals surface area contributed by atoms with Gasteiger partial charge >= 0.3 is 0 Å². The fraction of sp³-hybridized carbons (Fsp3) is 0.400. The molecule has 0 saturated carbocycles. The topological polar surface area (TPSA) is 62.7 Å². The van der Waals surface area contributed by atoms with Gasteiger partial charge in [-0.2, -0.15) is 5.26 Å². The normalized spacial score (nSPS) is 10.4. The fourth-order valence-electron chi connectivity index (χ4n) is 1.40. The summed E-state index contributed by atoms with van der Waals surface area (Å²) in [7, 11) is 0. The number of alkyl halides is 2. The van der Waals surface area contributed by atoms with Gasteiger partial charge in [0, 0.05) is 6.54 Å². The van der Waals surface area contributed by atoms with E-state index < -0.39 is 6.43 Å². The molecule has 0 saturated heterocycles. The van der Waals surface area contributed by atoms with Crippen LogP contribution in [0.1, 0.15) is 28.9 Å². The predicted octanol–water partition coefficient (Wildman–Crippen LogP) is 1.85. The fourth-order valence-corrected chi connectivity index (χ4v) is 1.40. The standard InChI is InChI=1S/C10H11F2N3/c1-6-4-9(10(11)12)15-8(2-3-13)7(6)5-14/h4,10H,2,5,14H2,1H3. The highest BCUT2D eigenvalue weighted by Crippen LogP contribution is 2.21. The number of halogens is 2. The number of nitriles is 1. The summed E-state index contributed by atoms with van der Waals surface area (Å²) < 4.78 is 24.9. The van der Waals surface area contributed by atoms with Crippen LogP contribution in [0.2, 0.25) is 0 Å². The summed E-state index contributed by atoms with van der Waals surface area (Å²) in [6.07, 6.45) is -2.61. The van der Waals surface area contributed by atoms with Gasteiger partial charge in [0.25, 0.3) is 6.43 Å². The minimum atomic E-state index is -2.62. The smallest absolute Gasteiger partial charge is 0.280 e. The van der Waals surface area contributed by atoms with Crippen molar-refractivity contribution in [3.8, 4) is 6.07 Å². The number of nitrogens with two attached hydrogens (primary N) is 1. The Balaban J connectivity index is 3.26. The third-order valence-corrected chi connectivity index (χ3v) is 2.13. The van der Waals surface area contributed by atoms with Gasteiger partial charge in [0.05, 0.1) is 18.2 Å². The van der Waals surface area contributed by atoms with Crippen LogP contribution in [0.15, 0.2) is 6.07 Å².